The summed E-state index contributed by atoms with van der Waals surface area (Å²) >= 11 is 0. The highest BCUT2D eigenvalue weighted by atomic mass is 32.2. The number of aryl methyl sites for hydroxylation is 1. The molecule has 0 unspecified atom stereocenters. The van der Waals surface area contributed by atoms with Crippen LogP contribution in [0.1, 0.15) is 12.5 Å². The van der Waals surface area contributed by atoms with Gasteiger partial charge < -0.3 is 5.11 Å². The van der Waals surface area contributed by atoms with Crippen LogP contribution in [0.5, 0.6) is 0 Å². The molecule has 1 aromatic heterocycles. The quantitative estimate of drug-likeness (QED) is 0.792. The topological polar surface area (TPSA) is 84.2 Å². The molecule has 0 bridgehead atoms. The third-order valence-electron chi connectivity index (χ3n) is 3.11. The van der Waals surface area contributed by atoms with Crippen LogP contribution in [0.2, 0.25) is 0 Å². The Morgan fingerprint density at radius 3 is 2.62 bits per heavy atom. The van der Waals surface area contributed by atoms with E-state index in [4.69, 9.17) is 0 Å². The Morgan fingerprint density at radius 2 is 2.05 bits per heavy atom. The third kappa shape index (κ3) is 4.13. The number of sulfonamides is 1. The molecule has 0 aliphatic heterocycles. The molecule has 1 heterocycles. The van der Waals surface area contributed by atoms with E-state index in [1.807, 2.05) is 37.3 Å². The maximum Gasteiger partial charge on any atom is 0.244 e. The Kier molecular flexibility index (Phi) is 5.11. The van der Waals surface area contributed by atoms with E-state index in [2.05, 4.69) is 9.82 Å². The van der Waals surface area contributed by atoms with Gasteiger partial charge in [-0.3, -0.25) is 4.68 Å². The number of aliphatic hydroxyl groups excluding tert-OH is 1. The Hall–Kier alpha value is -1.70. The second-order valence-electron chi connectivity index (χ2n) is 4.72. The van der Waals surface area contributed by atoms with Crippen molar-refractivity contribution >= 4 is 10.0 Å². The van der Waals surface area contributed by atoms with Crippen molar-refractivity contribution in [3.63, 3.8) is 0 Å². The summed E-state index contributed by atoms with van der Waals surface area (Å²) in [4.78, 5) is 0.107. The number of hydrogen-bond donors (Lipinski definition) is 2. The summed E-state index contributed by atoms with van der Waals surface area (Å²) in [7, 11) is -3.67. The van der Waals surface area contributed by atoms with Crippen molar-refractivity contribution in [2.45, 2.75) is 30.8 Å². The van der Waals surface area contributed by atoms with Crippen molar-refractivity contribution in [1.29, 1.82) is 0 Å². The van der Waals surface area contributed by atoms with Crippen LogP contribution in [0.15, 0.2) is 47.6 Å². The summed E-state index contributed by atoms with van der Waals surface area (Å²) in [6.45, 7) is 2.21. The molecule has 2 N–H and O–H groups in total. The zero-order chi connectivity index (χ0) is 15.3. The Labute approximate surface area is 124 Å². The number of benzene rings is 1. The Balaban J connectivity index is 2.10. The molecule has 6 nitrogen and oxygen atoms in total. The average Bonchev–Trinajstić information content (AvgIpc) is 2.97. The number of nitrogens with one attached hydrogen (secondary N) is 1. The highest BCUT2D eigenvalue weighted by Crippen LogP contribution is 2.10. The maximum absolute atomic E-state index is 12.2. The van der Waals surface area contributed by atoms with Crippen LogP contribution in [0.3, 0.4) is 0 Å². The minimum Gasteiger partial charge on any atom is -0.395 e. The lowest BCUT2D eigenvalue weighted by atomic mass is 10.1. The molecule has 2 rings (SSSR count). The molecule has 0 aliphatic carbocycles. The summed E-state index contributed by atoms with van der Waals surface area (Å²) in [6.07, 6.45) is 3.21. The monoisotopic (exact) mass is 309 g/mol. The van der Waals surface area contributed by atoms with E-state index in [1.54, 1.807) is 4.68 Å². The van der Waals surface area contributed by atoms with Gasteiger partial charge in [0.1, 0.15) is 4.90 Å². The molecule has 0 spiro atoms. The lowest BCUT2D eigenvalue weighted by Crippen LogP contribution is -2.38. The second kappa shape index (κ2) is 6.84. The molecule has 1 atom stereocenters. The van der Waals surface area contributed by atoms with Crippen LogP contribution < -0.4 is 4.72 Å². The molecule has 0 amide bonds. The highest BCUT2D eigenvalue weighted by Gasteiger charge is 2.21. The molecule has 0 aliphatic rings. The van der Waals surface area contributed by atoms with E-state index in [9.17, 15) is 13.5 Å². The van der Waals surface area contributed by atoms with Crippen molar-refractivity contribution in [3.05, 3.63) is 48.3 Å². The summed E-state index contributed by atoms with van der Waals surface area (Å²) < 4.78 is 28.5. The van der Waals surface area contributed by atoms with Crippen LogP contribution >= 0.6 is 0 Å². The van der Waals surface area contributed by atoms with Gasteiger partial charge in [0, 0.05) is 18.8 Å². The first-order chi connectivity index (χ1) is 10.0. The van der Waals surface area contributed by atoms with Crippen molar-refractivity contribution < 1.29 is 13.5 Å². The van der Waals surface area contributed by atoms with Gasteiger partial charge in [-0.1, -0.05) is 30.3 Å². The fourth-order valence-electron chi connectivity index (χ4n) is 1.99. The molecule has 1 aromatic carbocycles. The van der Waals surface area contributed by atoms with Crippen LogP contribution in [-0.2, 0) is 23.0 Å². The molecule has 0 radical (unpaired) electrons. The summed E-state index contributed by atoms with van der Waals surface area (Å²) in [5, 5.41) is 13.4. The van der Waals surface area contributed by atoms with Gasteiger partial charge in [-0.15, -0.1) is 0 Å². The minimum atomic E-state index is -3.67. The van der Waals surface area contributed by atoms with Gasteiger partial charge in [0.05, 0.1) is 12.8 Å². The average molecular weight is 309 g/mol. The molecule has 7 heteroatoms. The van der Waals surface area contributed by atoms with Crippen LogP contribution in [-0.4, -0.2) is 36.0 Å². The van der Waals surface area contributed by atoms with E-state index in [0.29, 0.717) is 13.0 Å². The zero-order valence-corrected chi connectivity index (χ0v) is 12.6. The number of aromatic nitrogens is 2. The highest BCUT2D eigenvalue weighted by molar-refractivity contribution is 7.89. The van der Waals surface area contributed by atoms with Gasteiger partial charge in [-0.2, -0.15) is 5.10 Å². The van der Waals surface area contributed by atoms with E-state index in [1.165, 1.54) is 12.4 Å². The minimum absolute atomic E-state index is 0.107. The molecular formula is C14H19N3O3S. The molecule has 0 fully saturated rings. The molecule has 0 saturated carbocycles. The summed E-state index contributed by atoms with van der Waals surface area (Å²) in [5.74, 6) is 0. The zero-order valence-electron chi connectivity index (χ0n) is 11.8. The van der Waals surface area contributed by atoms with Crippen molar-refractivity contribution in [1.82, 2.24) is 14.5 Å². The Bertz CT molecular complexity index is 668. The number of aliphatic hydroxyl groups is 1. The fourth-order valence-corrected chi connectivity index (χ4v) is 3.17. The smallest absolute Gasteiger partial charge is 0.244 e. The molecule has 2 aromatic rings. The first-order valence-electron chi connectivity index (χ1n) is 6.74. The third-order valence-corrected chi connectivity index (χ3v) is 4.59. The maximum atomic E-state index is 12.2. The molecule has 0 saturated heterocycles. The molecule has 114 valence electrons. The lowest BCUT2D eigenvalue weighted by molar-refractivity contribution is 0.256. The first-order valence-corrected chi connectivity index (χ1v) is 8.23. The van der Waals surface area contributed by atoms with Crippen molar-refractivity contribution in [2.75, 3.05) is 6.61 Å². The SMILES string of the molecule is CCn1cc(S(=O)(=O)N[C@@H](CO)Cc2ccccc2)cn1. The largest absolute Gasteiger partial charge is 0.395 e. The normalized spacial score (nSPS) is 13.2. The van der Waals surface area contributed by atoms with E-state index in [-0.39, 0.29) is 11.5 Å². The number of nitrogens with zero attached hydrogens (tertiary/aromatic N) is 2. The number of rotatable bonds is 7. The van der Waals surface area contributed by atoms with E-state index in [0.717, 1.165) is 5.56 Å². The van der Waals surface area contributed by atoms with Crippen LogP contribution in [0.25, 0.3) is 0 Å². The van der Waals surface area contributed by atoms with Gasteiger partial charge in [0.15, 0.2) is 0 Å². The Morgan fingerprint density at radius 1 is 1.33 bits per heavy atom. The lowest BCUT2D eigenvalue weighted by Gasteiger charge is -2.15. The second-order valence-corrected chi connectivity index (χ2v) is 6.44. The predicted octanol–water partition coefficient (Wildman–Crippen LogP) is 0.785. The van der Waals surface area contributed by atoms with Gasteiger partial charge in [-0.05, 0) is 18.9 Å². The predicted molar refractivity (Wildman–Crippen MR) is 79.2 cm³/mol. The summed E-state index contributed by atoms with van der Waals surface area (Å²) in [5.41, 5.74) is 0.962. The fraction of sp³-hybridized carbons (Fsp3) is 0.357. The first kappa shape index (κ1) is 15.7. The van der Waals surface area contributed by atoms with E-state index >= 15 is 0 Å². The van der Waals surface area contributed by atoms with Crippen LogP contribution in [0.4, 0.5) is 0 Å². The van der Waals surface area contributed by atoms with Crippen molar-refractivity contribution in [3.8, 4) is 0 Å². The standard InChI is InChI=1S/C14H19N3O3S/c1-2-17-10-14(9-15-17)21(19,20)16-13(11-18)8-12-6-4-3-5-7-12/h3-7,9-10,13,16,18H,2,8,11H2,1H3/t13-/m1/s1. The van der Waals surface area contributed by atoms with Crippen molar-refractivity contribution in [2.24, 2.45) is 0 Å². The van der Waals surface area contributed by atoms with Gasteiger partial charge >= 0.3 is 0 Å². The van der Waals surface area contributed by atoms with Gasteiger partial charge in [0.2, 0.25) is 10.0 Å². The van der Waals surface area contributed by atoms with Crippen LogP contribution in [0, 0.1) is 0 Å². The van der Waals surface area contributed by atoms with E-state index < -0.39 is 16.1 Å². The molecular weight excluding hydrogens is 290 g/mol. The molecule has 21 heavy (non-hydrogen) atoms. The van der Waals surface area contributed by atoms with Gasteiger partial charge in [0.25, 0.3) is 0 Å². The summed E-state index contributed by atoms with van der Waals surface area (Å²) in [6, 6.07) is 8.87. The number of hydrogen-bond acceptors (Lipinski definition) is 4. The van der Waals surface area contributed by atoms with Gasteiger partial charge in [-0.25, -0.2) is 13.1 Å².